The lowest BCUT2D eigenvalue weighted by atomic mass is 10.2. The number of aliphatic imine (C=N–C) groups is 1. The maximum atomic E-state index is 4.23. The molecule has 1 aliphatic carbocycles. The van der Waals surface area contributed by atoms with E-state index in [0.29, 0.717) is 6.04 Å². The van der Waals surface area contributed by atoms with E-state index in [0.717, 1.165) is 31.5 Å². The van der Waals surface area contributed by atoms with Gasteiger partial charge in [0.1, 0.15) is 0 Å². The van der Waals surface area contributed by atoms with Crippen molar-refractivity contribution in [3.8, 4) is 0 Å². The highest BCUT2D eigenvalue weighted by molar-refractivity contribution is 5.79. The second-order valence-corrected chi connectivity index (χ2v) is 5.06. The third kappa shape index (κ3) is 5.91. The summed E-state index contributed by atoms with van der Waals surface area (Å²) in [5.41, 5.74) is 0. The van der Waals surface area contributed by atoms with Gasteiger partial charge in [-0.1, -0.05) is 6.92 Å². The van der Waals surface area contributed by atoms with Gasteiger partial charge in [0.05, 0.1) is 0 Å². The molecule has 1 fully saturated rings. The predicted octanol–water partition coefficient (Wildman–Crippen LogP) is 1.29. The fourth-order valence-corrected chi connectivity index (χ4v) is 1.67. The first kappa shape index (κ1) is 14.3. The van der Waals surface area contributed by atoms with E-state index in [1.54, 1.807) is 0 Å². The molecule has 0 aromatic rings. The quantitative estimate of drug-likeness (QED) is 0.520. The van der Waals surface area contributed by atoms with Gasteiger partial charge in [-0.05, 0) is 39.2 Å². The Balaban J connectivity index is 2.09. The zero-order valence-electron chi connectivity index (χ0n) is 11.8. The van der Waals surface area contributed by atoms with Crippen molar-refractivity contribution in [2.75, 3.05) is 33.7 Å². The van der Waals surface area contributed by atoms with Crippen LogP contribution in [0, 0.1) is 5.92 Å². The second kappa shape index (κ2) is 7.54. The normalized spacial score (nSPS) is 18.3. The van der Waals surface area contributed by atoms with Crippen molar-refractivity contribution in [3.63, 3.8) is 0 Å². The molecule has 0 amide bonds. The van der Waals surface area contributed by atoms with E-state index in [1.165, 1.54) is 19.3 Å². The minimum Gasteiger partial charge on any atom is -0.356 e. The lowest BCUT2D eigenvalue weighted by molar-refractivity contribution is 0.255. The molecule has 0 aromatic carbocycles. The van der Waals surface area contributed by atoms with Crippen LogP contribution in [0.4, 0.5) is 0 Å². The van der Waals surface area contributed by atoms with E-state index in [4.69, 9.17) is 0 Å². The summed E-state index contributed by atoms with van der Waals surface area (Å²) in [6, 6.07) is 0.651. The van der Waals surface area contributed by atoms with Crippen LogP contribution < -0.4 is 10.6 Å². The van der Waals surface area contributed by atoms with Crippen LogP contribution in [0.1, 0.15) is 33.1 Å². The van der Waals surface area contributed by atoms with Gasteiger partial charge < -0.3 is 15.5 Å². The van der Waals surface area contributed by atoms with E-state index in [-0.39, 0.29) is 0 Å². The van der Waals surface area contributed by atoms with Gasteiger partial charge in [0.15, 0.2) is 5.96 Å². The third-order valence-corrected chi connectivity index (χ3v) is 3.58. The zero-order chi connectivity index (χ0) is 12.7. The Morgan fingerprint density at radius 2 is 2.12 bits per heavy atom. The molecular weight excluding hydrogens is 212 g/mol. The van der Waals surface area contributed by atoms with E-state index in [1.807, 2.05) is 7.05 Å². The number of likely N-dealkylation sites (N-methyl/N-ethyl adjacent to an activating group) is 1. The van der Waals surface area contributed by atoms with Gasteiger partial charge in [-0.15, -0.1) is 0 Å². The molecule has 100 valence electrons. The smallest absolute Gasteiger partial charge is 0.191 e. The molecule has 0 spiro atoms. The first-order valence-electron chi connectivity index (χ1n) is 6.82. The topological polar surface area (TPSA) is 39.7 Å². The summed E-state index contributed by atoms with van der Waals surface area (Å²) in [6.07, 6.45) is 3.95. The van der Waals surface area contributed by atoms with Crippen LogP contribution in [0.5, 0.6) is 0 Å². The van der Waals surface area contributed by atoms with Crippen molar-refractivity contribution < 1.29 is 0 Å². The van der Waals surface area contributed by atoms with Crippen LogP contribution in [0.3, 0.4) is 0 Å². The van der Waals surface area contributed by atoms with E-state index in [2.05, 4.69) is 41.4 Å². The summed E-state index contributed by atoms with van der Waals surface area (Å²) in [6.45, 7) is 7.57. The van der Waals surface area contributed by atoms with Crippen LogP contribution in [0.25, 0.3) is 0 Å². The fraction of sp³-hybridized carbons (Fsp3) is 0.923. The predicted molar refractivity (Wildman–Crippen MR) is 74.5 cm³/mol. The Bertz CT molecular complexity index is 236. The number of nitrogens with one attached hydrogen (secondary N) is 2. The molecule has 0 aliphatic heterocycles. The molecule has 1 saturated carbocycles. The molecule has 2 N–H and O–H groups in total. The monoisotopic (exact) mass is 240 g/mol. The second-order valence-electron chi connectivity index (χ2n) is 5.06. The van der Waals surface area contributed by atoms with Crippen LogP contribution in [0.2, 0.25) is 0 Å². The molecular formula is C13H28N4. The lowest BCUT2D eigenvalue weighted by Crippen LogP contribution is -2.42. The van der Waals surface area contributed by atoms with Gasteiger partial charge in [-0.3, -0.25) is 4.99 Å². The fourth-order valence-electron chi connectivity index (χ4n) is 1.67. The summed E-state index contributed by atoms with van der Waals surface area (Å²) in [5, 5.41) is 6.73. The molecule has 0 radical (unpaired) electrons. The SMILES string of the molecule is CCC(C)N(C)CCNC(=NC)NCC1CC1. The highest BCUT2D eigenvalue weighted by Crippen LogP contribution is 2.27. The Morgan fingerprint density at radius 1 is 1.41 bits per heavy atom. The molecule has 0 saturated heterocycles. The highest BCUT2D eigenvalue weighted by atomic mass is 15.2. The van der Waals surface area contributed by atoms with Crippen molar-refractivity contribution in [2.45, 2.75) is 39.2 Å². The Labute approximate surface area is 106 Å². The molecule has 1 aliphatic rings. The standard InChI is InChI=1S/C13H28N4/c1-5-11(2)17(4)9-8-15-13(14-3)16-10-12-6-7-12/h11-12H,5-10H2,1-4H3,(H2,14,15,16). The summed E-state index contributed by atoms with van der Waals surface area (Å²) in [5.74, 6) is 1.82. The van der Waals surface area contributed by atoms with Crippen molar-refractivity contribution in [3.05, 3.63) is 0 Å². The van der Waals surface area contributed by atoms with E-state index >= 15 is 0 Å². The number of guanidine groups is 1. The molecule has 1 atom stereocenters. The average Bonchev–Trinajstić information content (AvgIpc) is 3.16. The van der Waals surface area contributed by atoms with E-state index in [9.17, 15) is 0 Å². The van der Waals surface area contributed by atoms with Crippen molar-refractivity contribution >= 4 is 5.96 Å². The maximum Gasteiger partial charge on any atom is 0.191 e. The van der Waals surface area contributed by atoms with Crippen LogP contribution in [-0.4, -0.2) is 50.6 Å². The number of hydrogen-bond acceptors (Lipinski definition) is 2. The molecule has 0 heterocycles. The Kier molecular flexibility index (Phi) is 6.34. The first-order chi connectivity index (χ1) is 8.17. The van der Waals surface area contributed by atoms with Gasteiger partial charge in [0.2, 0.25) is 0 Å². The molecule has 4 heteroatoms. The van der Waals surface area contributed by atoms with Gasteiger partial charge in [0.25, 0.3) is 0 Å². The molecule has 0 bridgehead atoms. The summed E-state index contributed by atoms with van der Waals surface area (Å²) in [7, 11) is 4.01. The van der Waals surface area contributed by atoms with Gasteiger partial charge in [-0.2, -0.15) is 0 Å². The number of rotatable bonds is 7. The molecule has 17 heavy (non-hydrogen) atoms. The maximum absolute atomic E-state index is 4.23. The van der Waals surface area contributed by atoms with Crippen LogP contribution >= 0.6 is 0 Å². The lowest BCUT2D eigenvalue weighted by Gasteiger charge is -2.23. The van der Waals surface area contributed by atoms with Crippen molar-refractivity contribution in [1.29, 1.82) is 0 Å². The first-order valence-corrected chi connectivity index (χ1v) is 6.82. The largest absolute Gasteiger partial charge is 0.356 e. The average molecular weight is 240 g/mol. The Hall–Kier alpha value is -0.770. The van der Waals surface area contributed by atoms with Crippen molar-refractivity contribution in [1.82, 2.24) is 15.5 Å². The minimum absolute atomic E-state index is 0.651. The molecule has 1 rings (SSSR count). The molecule has 0 aromatic heterocycles. The third-order valence-electron chi connectivity index (χ3n) is 3.58. The van der Waals surface area contributed by atoms with Crippen LogP contribution in [-0.2, 0) is 0 Å². The number of hydrogen-bond donors (Lipinski definition) is 2. The highest BCUT2D eigenvalue weighted by Gasteiger charge is 2.20. The summed E-state index contributed by atoms with van der Waals surface area (Å²) in [4.78, 5) is 6.60. The molecule has 4 nitrogen and oxygen atoms in total. The minimum atomic E-state index is 0.651. The van der Waals surface area contributed by atoms with Gasteiger partial charge >= 0.3 is 0 Å². The molecule has 1 unspecified atom stereocenters. The van der Waals surface area contributed by atoms with E-state index < -0.39 is 0 Å². The van der Waals surface area contributed by atoms with Crippen molar-refractivity contribution in [2.24, 2.45) is 10.9 Å². The number of nitrogens with zero attached hydrogens (tertiary/aromatic N) is 2. The van der Waals surface area contributed by atoms with Gasteiger partial charge in [-0.25, -0.2) is 0 Å². The van der Waals surface area contributed by atoms with Crippen LogP contribution in [0.15, 0.2) is 4.99 Å². The Morgan fingerprint density at radius 3 is 2.65 bits per heavy atom. The zero-order valence-corrected chi connectivity index (χ0v) is 11.8. The van der Waals surface area contributed by atoms with Gasteiger partial charge in [0, 0.05) is 32.7 Å². The summed E-state index contributed by atoms with van der Waals surface area (Å²) >= 11 is 0. The summed E-state index contributed by atoms with van der Waals surface area (Å²) < 4.78 is 0.